The highest BCUT2D eigenvalue weighted by Gasteiger charge is 2.28. The van der Waals surface area contributed by atoms with Crippen molar-refractivity contribution in [3.05, 3.63) is 71.3 Å². The van der Waals surface area contributed by atoms with Gasteiger partial charge in [-0.1, -0.05) is 36.6 Å². The van der Waals surface area contributed by atoms with Gasteiger partial charge in [-0.3, -0.25) is 4.79 Å². The molecular weight excluding hydrogens is 462 g/mol. The molecular formula is C23H26ClN5O3S. The van der Waals surface area contributed by atoms with Gasteiger partial charge in [-0.15, -0.1) is 0 Å². The second-order valence-corrected chi connectivity index (χ2v) is 10.4. The monoisotopic (exact) mass is 487 g/mol. The second kappa shape index (κ2) is 10.0. The zero-order valence-corrected chi connectivity index (χ0v) is 19.9. The minimum absolute atomic E-state index is 0.0245. The molecule has 1 N–H and O–H groups in total. The lowest BCUT2D eigenvalue weighted by Crippen LogP contribution is -2.32. The molecule has 0 radical (unpaired) electrons. The molecule has 0 spiro atoms. The molecule has 4 rings (SSSR count). The van der Waals surface area contributed by atoms with Gasteiger partial charge in [-0.25, -0.2) is 18.1 Å². The fraction of sp³-hybridized carbons (Fsp3) is 0.348. The number of nitrogens with one attached hydrogen (secondary N) is 1. The third-order valence-corrected chi connectivity index (χ3v) is 8.18. The van der Waals surface area contributed by atoms with Gasteiger partial charge < -0.3 is 5.32 Å². The summed E-state index contributed by atoms with van der Waals surface area (Å²) in [5, 5.41) is 7.14. The van der Waals surface area contributed by atoms with E-state index in [1.54, 1.807) is 17.1 Å². The zero-order valence-electron chi connectivity index (χ0n) is 18.3. The SMILES string of the molecule is C[C@H](NC(=O)c1ccc(Cl)c(S(=O)(=O)N2CCCCCC2)c1)c1ccc(-n2cncn2)cc1. The van der Waals surface area contributed by atoms with Crippen LogP contribution in [0.4, 0.5) is 0 Å². The maximum atomic E-state index is 13.2. The molecule has 1 aliphatic heterocycles. The molecule has 1 saturated heterocycles. The molecule has 2 heterocycles. The van der Waals surface area contributed by atoms with Gasteiger partial charge in [0.05, 0.1) is 16.8 Å². The molecule has 0 saturated carbocycles. The van der Waals surface area contributed by atoms with Crippen molar-refractivity contribution in [3.8, 4) is 5.69 Å². The normalized spacial score (nSPS) is 16.2. The van der Waals surface area contributed by atoms with Gasteiger partial charge in [0.2, 0.25) is 10.0 Å². The number of amides is 1. The Kier molecular flexibility index (Phi) is 7.11. The maximum absolute atomic E-state index is 13.2. The first-order valence-corrected chi connectivity index (χ1v) is 12.7. The van der Waals surface area contributed by atoms with Crippen molar-refractivity contribution in [1.82, 2.24) is 24.4 Å². The van der Waals surface area contributed by atoms with Crippen LogP contribution < -0.4 is 5.32 Å². The average Bonchev–Trinajstić information content (AvgIpc) is 3.20. The first kappa shape index (κ1) is 23.4. The first-order valence-electron chi connectivity index (χ1n) is 10.9. The van der Waals surface area contributed by atoms with E-state index in [0.717, 1.165) is 36.9 Å². The lowest BCUT2D eigenvalue weighted by molar-refractivity contribution is 0.0939. The van der Waals surface area contributed by atoms with Gasteiger partial charge in [-0.05, 0) is 55.7 Å². The summed E-state index contributed by atoms with van der Waals surface area (Å²) < 4.78 is 29.5. The largest absolute Gasteiger partial charge is 0.346 e. The Hall–Kier alpha value is -2.75. The summed E-state index contributed by atoms with van der Waals surface area (Å²) in [4.78, 5) is 16.8. The van der Waals surface area contributed by atoms with Crippen LogP contribution >= 0.6 is 11.6 Å². The van der Waals surface area contributed by atoms with E-state index >= 15 is 0 Å². The van der Waals surface area contributed by atoms with Gasteiger partial charge >= 0.3 is 0 Å². The Morgan fingerprint density at radius 1 is 1.06 bits per heavy atom. The Bertz CT molecular complexity index is 1210. The quantitative estimate of drug-likeness (QED) is 0.567. The highest BCUT2D eigenvalue weighted by Crippen LogP contribution is 2.28. The highest BCUT2D eigenvalue weighted by molar-refractivity contribution is 7.89. The summed E-state index contributed by atoms with van der Waals surface area (Å²) in [5.41, 5.74) is 2.01. The van der Waals surface area contributed by atoms with Crippen molar-refractivity contribution >= 4 is 27.5 Å². The van der Waals surface area contributed by atoms with Gasteiger partial charge in [-0.2, -0.15) is 9.40 Å². The molecule has 1 aliphatic rings. The average molecular weight is 488 g/mol. The number of halogens is 1. The maximum Gasteiger partial charge on any atom is 0.251 e. The lowest BCUT2D eigenvalue weighted by Gasteiger charge is -2.21. The molecule has 0 unspecified atom stereocenters. The van der Waals surface area contributed by atoms with Crippen molar-refractivity contribution in [2.45, 2.75) is 43.5 Å². The second-order valence-electron chi connectivity index (χ2n) is 8.09. The minimum Gasteiger partial charge on any atom is -0.346 e. The Morgan fingerprint density at radius 2 is 1.76 bits per heavy atom. The predicted octanol–water partition coefficient (Wildman–Crippen LogP) is 3.98. The van der Waals surface area contributed by atoms with Crippen LogP contribution in [-0.4, -0.2) is 46.5 Å². The number of carbonyl (C=O) groups is 1. The molecule has 1 aromatic heterocycles. The molecule has 8 nitrogen and oxygen atoms in total. The predicted molar refractivity (Wildman–Crippen MR) is 126 cm³/mol. The number of sulfonamides is 1. The number of rotatable bonds is 6. The Labute approximate surface area is 198 Å². The van der Waals surface area contributed by atoms with Crippen LogP contribution in [0.1, 0.15) is 54.6 Å². The number of aromatic nitrogens is 3. The third-order valence-electron chi connectivity index (χ3n) is 5.80. The number of hydrogen-bond acceptors (Lipinski definition) is 5. The molecule has 174 valence electrons. The van der Waals surface area contributed by atoms with E-state index in [1.807, 2.05) is 31.2 Å². The fourth-order valence-corrected chi connectivity index (χ4v) is 5.90. The molecule has 2 aromatic carbocycles. The van der Waals surface area contributed by atoms with Gasteiger partial charge in [0.25, 0.3) is 5.91 Å². The molecule has 33 heavy (non-hydrogen) atoms. The third kappa shape index (κ3) is 5.26. The van der Waals surface area contributed by atoms with Crippen LogP contribution in [0.2, 0.25) is 5.02 Å². The summed E-state index contributed by atoms with van der Waals surface area (Å²) in [6.07, 6.45) is 6.75. The number of nitrogens with zero attached hydrogens (tertiary/aromatic N) is 4. The van der Waals surface area contributed by atoms with Gasteiger partial charge in [0.15, 0.2) is 0 Å². The molecule has 1 amide bonds. The Morgan fingerprint density at radius 3 is 2.39 bits per heavy atom. The summed E-state index contributed by atoms with van der Waals surface area (Å²) in [7, 11) is -3.77. The van der Waals surface area contributed by atoms with Crippen molar-refractivity contribution in [1.29, 1.82) is 0 Å². The van der Waals surface area contributed by atoms with Crippen molar-refractivity contribution in [2.24, 2.45) is 0 Å². The van der Waals surface area contributed by atoms with Crippen LogP contribution in [0, 0.1) is 0 Å². The summed E-state index contributed by atoms with van der Waals surface area (Å²) >= 11 is 6.26. The van der Waals surface area contributed by atoms with Crippen LogP contribution in [0.3, 0.4) is 0 Å². The van der Waals surface area contributed by atoms with Gasteiger partial charge in [0, 0.05) is 18.7 Å². The van der Waals surface area contributed by atoms with Crippen molar-refractivity contribution in [3.63, 3.8) is 0 Å². The molecule has 10 heteroatoms. The van der Waals surface area contributed by atoms with E-state index in [4.69, 9.17) is 11.6 Å². The van der Waals surface area contributed by atoms with E-state index < -0.39 is 10.0 Å². The van der Waals surface area contributed by atoms with Crippen LogP contribution in [0.15, 0.2) is 60.0 Å². The summed E-state index contributed by atoms with van der Waals surface area (Å²) in [5.74, 6) is -0.369. The van der Waals surface area contributed by atoms with Crippen LogP contribution in [0.5, 0.6) is 0 Å². The van der Waals surface area contributed by atoms with E-state index in [2.05, 4.69) is 15.4 Å². The number of benzene rings is 2. The van der Waals surface area contributed by atoms with Crippen LogP contribution in [0.25, 0.3) is 5.69 Å². The zero-order chi connectivity index (χ0) is 23.4. The number of hydrogen-bond donors (Lipinski definition) is 1. The Balaban J connectivity index is 1.50. The van der Waals surface area contributed by atoms with Gasteiger partial charge in [0.1, 0.15) is 17.6 Å². The molecule has 0 bridgehead atoms. The number of carbonyl (C=O) groups excluding carboxylic acids is 1. The smallest absolute Gasteiger partial charge is 0.251 e. The van der Waals surface area contributed by atoms with E-state index in [1.165, 1.54) is 22.8 Å². The summed E-state index contributed by atoms with van der Waals surface area (Å²) in [6.45, 7) is 2.81. The fourth-order valence-electron chi connectivity index (χ4n) is 3.88. The van der Waals surface area contributed by atoms with E-state index in [-0.39, 0.29) is 27.4 Å². The standard InChI is InChI=1S/C23H26ClN5O3S/c1-17(18-6-9-20(10-7-18)29-16-25-15-26-29)27-23(30)19-8-11-21(24)22(14-19)33(31,32)28-12-4-2-3-5-13-28/h6-11,14-17H,2-5,12-13H2,1H3,(H,27,30)/t17-/m0/s1. The lowest BCUT2D eigenvalue weighted by atomic mass is 10.1. The molecule has 0 aliphatic carbocycles. The van der Waals surface area contributed by atoms with E-state index in [0.29, 0.717) is 13.1 Å². The first-order chi connectivity index (χ1) is 15.9. The topological polar surface area (TPSA) is 97.2 Å². The molecule has 3 aromatic rings. The van der Waals surface area contributed by atoms with Crippen molar-refractivity contribution < 1.29 is 13.2 Å². The highest BCUT2D eigenvalue weighted by atomic mass is 35.5. The molecule has 1 atom stereocenters. The van der Waals surface area contributed by atoms with Crippen molar-refractivity contribution in [2.75, 3.05) is 13.1 Å². The summed E-state index contributed by atoms with van der Waals surface area (Å²) in [6, 6.07) is 11.7. The minimum atomic E-state index is -3.77. The van der Waals surface area contributed by atoms with E-state index in [9.17, 15) is 13.2 Å². The molecule has 1 fully saturated rings. The van der Waals surface area contributed by atoms with Crippen LogP contribution in [-0.2, 0) is 10.0 Å².